The van der Waals surface area contributed by atoms with Crippen molar-refractivity contribution in [2.75, 3.05) is 0 Å². The Balaban J connectivity index is 2.26. The summed E-state index contributed by atoms with van der Waals surface area (Å²) < 4.78 is 17.5. The van der Waals surface area contributed by atoms with Crippen molar-refractivity contribution in [3.8, 4) is 11.8 Å². The second-order valence-electron chi connectivity index (χ2n) is 3.62. The molecule has 2 unspecified atom stereocenters. The van der Waals surface area contributed by atoms with Crippen molar-refractivity contribution >= 4 is 22.7 Å². The molecule has 4 nitrogen and oxygen atoms in total. The maximum absolute atomic E-state index is 4.41. The molecule has 0 saturated carbocycles. The first-order valence-corrected chi connectivity index (χ1v) is 6.32. The van der Waals surface area contributed by atoms with Crippen LogP contribution >= 0.6 is 0 Å². The molecule has 0 radical (unpaired) electrons. The summed E-state index contributed by atoms with van der Waals surface area (Å²) in [6, 6.07) is 0.131. The lowest BCUT2D eigenvalue weighted by atomic mass is 9.87. The van der Waals surface area contributed by atoms with Crippen LogP contribution in [-0.4, -0.2) is 12.1 Å². The van der Waals surface area contributed by atoms with Crippen molar-refractivity contribution in [1.82, 2.24) is 0 Å². The Labute approximate surface area is 101 Å². The van der Waals surface area contributed by atoms with E-state index >= 15 is 0 Å². The van der Waals surface area contributed by atoms with Crippen molar-refractivity contribution in [3.05, 3.63) is 22.5 Å². The van der Waals surface area contributed by atoms with Gasteiger partial charge in [0.05, 0.1) is 28.3 Å². The van der Waals surface area contributed by atoms with Gasteiger partial charge in [-0.25, -0.2) is 8.73 Å². The summed E-state index contributed by atoms with van der Waals surface area (Å²) >= 11 is 2.50. The number of fused-ring (bicyclic) bond motifs is 2. The van der Waals surface area contributed by atoms with Crippen molar-refractivity contribution in [1.29, 1.82) is 0 Å². The molecule has 16 heavy (non-hydrogen) atoms. The number of nitrogens with zero attached hydrogens (tertiary/aromatic N) is 4. The van der Waals surface area contributed by atoms with Crippen molar-refractivity contribution in [2.24, 2.45) is 17.5 Å². The topological polar surface area (TPSA) is 49.4 Å². The van der Waals surface area contributed by atoms with E-state index in [1.165, 1.54) is 22.7 Å². The largest absolute Gasteiger partial charge is 0.203 e. The second-order valence-corrected chi connectivity index (χ2v) is 4.73. The van der Waals surface area contributed by atoms with Crippen LogP contribution < -0.4 is 0 Å². The van der Waals surface area contributed by atoms with Gasteiger partial charge in [0.1, 0.15) is 23.5 Å². The molecular formula is C10H8N4S2. The SMILES string of the molecule is CC#CC1=C2N=S=NC2=C(C)C2N=S=NC12. The van der Waals surface area contributed by atoms with E-state index < -0.39 is 0 Å². The van der Waals surface area contributed by atoms with E-state index in [1.54, 1.807) is 0 Å². The van der Waals surface area contributed by atoms with Gasteiger partial charge in [0.25, 0.3) is 0 Å². The Hall–Kier alpha value is -1.32. The molecular weight excluding hydrogens is 240 g/mol. The first-order valence-electron chi connectivity index (χ1n) is 4.85. The fraction of sp³-hybridized carbons (Fsp3) is 0.400. The highest BCUT2D eigenvalue weighted by atomic mass is 32.1. The lowest BCUT2D eigenvalue weighted by Gasteiger charge is -2.22. The zero-order valence-electron chi connectivity index (χ0n) is 8.76. The van der Waals surface area contributed by atoms with E-state index in [4.69, 9.17) is 0 Å². The quantitative estimate of drug-likeness (QED) is 0.590. The van der Waals surface area contributed by atoms with Crippen LogP contribution in [0.25, 0.3) is 0 Å². The maximum Gasteiger partial charge on any atom is 0.126 e. The predicted octanol–water partition coefficient (Wildman–Crippen LogP) is 2.22. The molecule has 0 fully saturated rings. The molecule has 2 aliphatic heterocycles. The summed E-state index contributed by atoms with van der Waals surface area (Å²) in [4.78, 5) is 0. The monoisotopic (exact) mass is 248 g/mol. The predicted molar refractivity (Wildman–Crippen MR) is 65.2 cm³/mol. The molecule has 0 spiro atoms. The molecule has 2 heterocycles. The smallest absolute Gasteiger partial charge is 0.126 e. The molecule has 3 rings (SSSR count). The highest BCUT2D eigenvalue weighted by Crippen LogP contribution is 2.38. The molecule has 3 aliphatic rings. The summed E-state index contributed by atoms with van der Waals surface area (Å²) in [6.45, 7) is 3.88. The van der Waals surface area contributed by atoms with Crippen LogP contribution in [0.1, 0.15) is 13.8 Å². The fourth-order valence-corrected chi connectivity index (χ4v) is 3.31. The van der Waals surface area contributed by atoms with Crippen LogP contribution in [0.2, 0.25) is 0 Å². The summed E-state index contributed by atoms with van der Waals surface area (Å²) in [5.74, 6) is 6.03. The van der Waals surface area contributed by atoms with Crippen molar-refractivity contribution in [3.63, 3.8) is 0 Å². The van der Waals surface area contributed by atoms with Crippen LogP contribution in [0.4, 0.5) is 0 Å². The van der Waals surface area contributed by atoms with Gasteiger partial charge in [-0.15, -0.1) is 5.92 Å². The van der Waals surface area contributed by atoms with Gasteiger partial charge in [-0.05, 0) is 19.4 Å². The Morgan fingerprint density at radius 2 is 1.81 bits per heavy atom. The van der Waals surface area contributed by atoms with Crippen LogP contribution in [0, 0.1) is 11.8 Å². The standard InChI is InChI=1S/C10H8N4S2/c1-3-4-6-9-7(11-15-13-9)5(2)8-10(6)14-16-12-8/h7,9H,1-2H3. The first kappa shape index (κ1) is 9.87. The molecule has 0 aromatic rings. The zero-order valence-corrected chi connectivity index (χ0v) is 10.4. The van der Waals surface area contributed by atoms with E-state index in [9.17, 15) is 0 Å². The average Bonchev–Trinajstić information content (AvgIpc) is 2.92. The Kier molecular flexibility index (Phi) is 2.23. The number of rotatable bonds is 0. The molecule has 6 heteroatoms. The summed E-state index contributed by atoms with van der Waals surface area (Å²) in [5.41, 5.74) is 3.98. The highest BCUT2D eigenvalue weighted by molar-refractivity contribution is 7.58. The summed E-state index contributed by atoms with van der Waals surface area (Å²) in [5, 5.41) is 0. The normalized spacial score (nSPS) is 29.4. The van der Waals surface area contributed by atoms with Crippen LogP contribution in [0.5, 0.6) is 0 Å². The second kappa shape index (κ2) is 3.61. The summed E-state index contributed by atoms with van der Waals surface area (Å²) in [7, 11) is 0. The van der Waals surface area contributed by atoms with Crippen molar-refractivity contribution in [2.45, 2.75) is 25.9 Å². The van der Waals surface area contributed by atoms with Crippen LogP contribution in [0.15, 0.2) is 40.0 Å². The average molecular weight is 248 g/mol. The van der Waals surface area contributed by atoms with Gasteiger partial charge in [-0.2, -0.15) is 8.73 Å². The fourth-order valence-electron chi connectivity index (χ4n) is 1.94. The third-order valence-corrected chi connectivity index (χ3v) is 3.91. The number of hydrogen-bond donors (Lipinski definition) is 0. The summed E-state index contributed by atoms with van der Waals surface area (Å²) in [6.07, 6.45) is 0. The van der Waals surface area contributed by atoms with E-state index in [1.807, 2.05) is 6.92 Å². The molecule has 1 aliphatic carbocycles. The Morgan fingerprint density at radius 3 is 2.62 bits per heavy atom. The molecule has 0 bridgehead atoms. The minimum Gasteiger partial charge on any atom is -0.203 e. The van der Waals surface area contributed by atoms with Crippen LogP contribution in [0.3, 0.4) is 0 Å². The minimum atomic E-state index is 0.0360. The van der Waals surface area contributed by atoms with Crippen molar-refractivity contribution < 1.29 is 0 Å². The van der Waals surface area contributed by atoms with Gasteiger partial charge >= 0.3 is 0 Å². The Morgan fingerprint density at radius 1 is 1.06 bits per heavy atom. The maximum atomic E-state index is 4.41. The molecule has 0 amide bonds. The molecule has 0 saturated heterocycles. The Bertz CT molecular complexity index is 631. The van der Waals surface area contributed by atoms with E-state index in [2.05, 4.69) is 36.2 Å². The highest BCUT2D eigenvalue weighted by Gasteiger charge is 2.38. The lowest BCUT2D eigenvalue weighted by molar-refractivity contribution is 0.668. The number of hydrogen-bond acceptors (Lipinski definition) is 4. The van der Waals surface area contributed by atoms with Gasteiger partial charge in [0.15, 0.2) is 0 Å². The van der Waals surface area contributed by atoms with Gasteiger partial charge in [-0.1, -0.05) is 5.92 Å². The minimum absolute atomic E-state index is 0.0360. The molecule has 2 atom stereocenters. The lowest BCUT2D eigenvalue weighted by Crippen LogP contribution is -2.28. The van der Waals surface area contributed by atoms with Gasteiger partial charge in [-0.3, -0.25) is 0 Å². The molecule has 0 N–H and O–H groups in total. The van der Waals surface area contributed by atoms with Gasteiger partial charge < -0.3 is 0 Å². The van der Waals surface area contributed by atoms with E-state index in [0.717, 1.165) is 22.5 Å². The van der Waals surface area contributed by atoms with Gasteiger partial charge in [0.2, 0.25) is 0 Å². The van der Waals surface area contributed by atoms with E-state index in [-0.39, 0.29) is 12.1 Å². The van der Waals surface area contributed by atoms with Crippen LogP contribution in [-0.2, 0) is 22.7 Å². The third-order valence-electron chi connectivity index (χ3n) is 2.74. The van der Waals surface area contributed by atoms with Gasteiger partial charge in [0, 0.05) is 0 Å². The molecule has 0 aromatic carbocycles. The first-order chi connectivity index (χ1) is 7.83. The van der Waals surface area contributed by atoms with E-state index in [0.29, 0.717) is 0 Å². The third kappa shape index (κ3) is 1.22. The molecule has 80 valence electrons. The molecule has 0 aromatic heterocycles. The zero-order chi connectivity index (χ0) is 11.1.